The predicted octanol–water partition coefficient (Wildman–Crippen LogP) is 2.88. The lowest BCUT2D eigenvalue weighted by Crippen LogP contribution is -2.47. The third-order valence-corrected chi connectivity index (χ3v) is 5.70. The van der Waals surface area contributed by atoms with Gasteiger partial charge in [-0.1, -0.05) is 30.3 Å². The molecule has 0 unspecified atom stereocenters. The normalized spacial score (nSPS) is 14.9. The Kier molecular flexibility index (Phi) is 3.97. The fraction of sp³-hybridized carbons (Fsp3) is 0.263. The minimum Gasteiger partial charge on any atom is -0.353 e. The largest absolute Gasteiger partial charge is 0.353 e. The molecule has 5 rings (SSSR count). The lowest BCUT2D eigenvalue weighted by molar-refractivity contribution is 0.637. The Balaban J connectivity index is 1.33. The van der Waals surface area contributed by atoms with Crippen molar-refractivity contribution >= 4 is 28.1 Å². The molecule has 0 N–H and O–H groups in total. The number of rotatable bonds is 3. The number of thiazole rings is 1. The Morgan fingerprint density at radius 1 is 0.963 bits per heavy atom. The fourth-order valence-electron chi connectivity index (χ4n) is 3.41. The highest BCUT2D eigenvalue weighted by Gasteiger charge is 2.22. The first kappa shape index (κ1) is 16.2. The minimum atomic E-state index is 0.653. The van der Waals surface area contributed by atoms with Crippen LogP contribution in [0, 0.1) is 6.92 Å². The second-order valence-electron chi connectivity index (χ2n) is 6.58. The summed E-state index contributed by atoms with van der Waals surface area (Å²) in [4.78, 5) is 18.2. The number of nitrogens with zero attached hydrogens (tertiary/aromatic N) is 7. The van der Waals surface area contributed by atoms with Crippen molar-refractivity contribution in [1.82, 2.24) is 24.6 Å². The first-order valence-corrected chi connectivity index (χ1v) is 9.84. The maximum atomic E-state index is 4.85. The van der Waals surface area contributed by atoms with E-state index in [-0.39, 0.29) is 0 Å². The van der Waals surface area contributed by atoms with E-state index >= 15 is 0 Å². The molecule has 1 saturated heterocycles. The van der Waals surface area contributed by atoms with Crippen LogP contribution in [0.2, 0.25) is 0 Å². The first-order chi connectivity index (χ1) is 13.3. The molecule has 3 aromatic heterocycles. The summed E-state index contributed by atoms with van der Waals surface area (Å²) in [5.74, 6) is 1.71. The van der Waals surface area contributed by atoms with Gasteiger partial charge in [-0.25, -0.2) is 9.97 Å². The average molecular weight is 377 g/mol. The first-order valence-electron chi connectivity index (χ1n) is 8.96. The smallest absolute Gasteiger partial charge is 0.254 e. The SMILES string of the molecule is Cc1cc(N2CCN(c3nc(-c4ccccc4)cs3)CC2)n2ncnc2n1. The molecule has 0 saturated carbocycles. The van der Waals surface area contributed by atoms with E-state index in [1.807, 2.05) is 17.5 Å². The number of benzene rings is 1. The van der Waals surface area contributed by atoms with Crippen LogP contribution in [0.15, 0.2) is 48.1 Å². The van der Waals surface area contributed by atoms with Gasteiger partial charge in [0.1, 0.15) is 12.1 Å². The summed E-state index contributed by atoms with van der Waals surface area (Å²) in [5, 5.41) is 7.56. The van der Waals surface area contributed by atoms with Gasteiger partial charge in [0.15, 0.2) is 5.13 Å². The lowest BCUT2D eigenvalue weighted by atomic mass is 10.2. The molecule has 1 aliphatic rings. The van der Waals surface area contributed by atoms with Crippen molar-refractivity contribution in [2.75, 3.05) is 36.0 Å². The molecule has 0 amide bonds. The molecule has 27 heavy (non-hydrogen) atoms. The molecule has 0 atom stereocenters. The van der Waals surface area contributed by atoms with E-state index in [0.717, 1.165) is 48.5 Å². The molecule has 0 bridgehead atoms. The van der Waals surface area contributed by atoms with Crippen LogP contribution in [0.1, 0.15) is 5.69 Å². The van der Waals surface area contributed by atoms with E-state index in [0.29, 0.717) is 5.78 Å². The molecule has 1 fully saturated rings. The summed E-state index contributed by atoms with van der Waals surface area (Å²) in [7, 11) is 0. The van der Waals surface area contributed by atoms with E-state index in [1.54, 1.807) is 17.7 Å². The van der Waals surface area contributed by atoms with E-state index in [1.165, 1.54) is 5.56 Å². The maximum Gasteiger partial charge on any atom is 0.254 e. The molecular weight excluding hydrogens is 358 g/mol. The van der Waals surface area contributed by atoms with Gasteiger partial charge < -0.3 is 9.80 Å². The maximum absolute atomic E-state index is 4.85. The zero-order valence-corrected chi connectivity index (χ0v) is 15.8. The van der Waals surface area contributed by atoms with E-state index in [9.17, 15) is 0 Å². The van der Waals surface area contributed by atoms with Gasteiger partial charge in [0, 0.05) is 48.9 Å². The number of hydrogen-bond acceptors (Lipinski definition) is 7. The number of aryl methyl sites for hydroxylation is 1. The summed E-state index contributed by atoms with van der Waals surface area (Å²) in [6.07, 6.45) is 1.56. The zero-order valence-electron chi connectivity index (χ0n) is 15.0. The molecule has 0 spiro atoms. The van der Waals surface area contributed by atoms with E-state index in [2.05, 4.69) is 60.6 Å². The average Bonchev–Trinajstić information content (AvgIpc) is 3.38. The Labute approximate surface area is 160 Å². The summed E-state index contributed by atoms with van der Waals surface area (Å²) in [5.41, 5.74) is 3.17. The zero-order chi connectivity index (χ0) is 18.2. The Morgan fingerprint density at radius 3 is 2.56 bits per heavy atom. The van der Waals surface area contributed by atoms with Crippen LogP contribution in [0.5, 0.6) is 0 Å². The van der Waals surface area contributed by atoms with Crippen LogP contribution in [-0.2, 0) is 0 Å². The predicted molar refractivity (Wildman–Crippen MR) is 107 cm³/mol. The molecule has 4 heterocycles. The van der Waals surface area contributed by atoms with Crippen LogP contribution in [0.4, 0.5) is 10.9 Å². The van der Waals surface area contributed by atoms with E-state index in [4.69, 9.17) is 4.98 Å². The number of hydrogen-bond donors (Lipinski definition) is 0. The Bertz CT molecular complexity index is 1060. The molecule has 1 aromatic carbocycles. The molecular formula is C19H19N7S. The molecule has 136 valence electrons. The van der Waals surface area contributed by atoms with Gasteiger partial charge in [0.2, 0.25) is 0 Å². The van der Waals surface area contributed by atoms with Crippen molar-refractivity contribution in [2.45, 2.75) is 6.92 Å². The fourth-order valence-corrected chi connectivity index (χ4v) is 4.30. The van der Waals surface area contributed by atoms with Crippen molar-refractivity contribution in [2.24, 2.45) is 0 Å². The number of piperazine rings is 1. The number of fused-ring (bicyclic) bond motifs is 1. The van der Waals surface area contributed by atoms with Gasteiger partial charge in [0.25, 0.3) is 5.78 Å². The molecule has 7 nitrogen and oxygen atoms in total. The Morgan fingerprint density at radius 2 is 1.74 bits per heavy atom. The summed E-state index contributed by atoms with van der Waals surface area (Å²) < 4.78 is 1.82. The molecule has 0 aliphatic carbocycles. The second kappa shape index (κ2) is 6.62. The van der Waals surface area contributed by atoms with Gasteiger partial charge in [-0.2, -0.15) is 14.6 Å². The standard InChI is InChI=1S/C19H19N7S/c1-14-11-17(26-18(22-14)20-13-21-26)24-7-9-25(10-8-24)19-23-16(12-27-19)15-5-3-2-4-6-15/h2-6,11-13H,7-10H2,1H3. The van der Waals surface area contributed by atoms with Crippen molar-refractivity contribution < 1.29 is 0 Å². The van der Waals surface area contributed by atoms with Gasteiger partial charge in [-0.05, 0) is 6.92 Å². The quantitative estimate of drug-likeness (QED) is 0.547. The van der Waals surface area contributed by atoms with Crippen LogP contribution >= 0.6 is 11.3 Å². The van der Waals surface area contributed by atoms with Gasteiger partial charge in [0.05, 0.1) is 5.69 Å². The summed E-state index contributed by atoms with van der Waals surface area (Å²) in [6.45, 7) is 5.69. The highest BCUT2D eigenvalue weighted by atomic mass is 32.1. The van der Waals surface area contributed by atoms with Crippen molar-refractivity contribution in [3.8, 4) is 11.3 Å². The third-order valence-electron chi connectivity index (χ3n) is 4.80. The van der Waals surface area contributed by atoms with E-state index < -0.39 is 0 Å². The second-order valence-corrected chi connectivity index (χ2v) is 7.42. The van der Waals surface area contributed by atoms with Crippen molar-refractivity contribution in [3.63, 3.8) is 0 Å². The number of aromatic nitrogens is 5. The highest BCUT2D eigenvalue weighted by Crippen LogP contribution is 2.28. The van der Waals surface area contributed by atoms with Crippen molar-refractivity contribution in [1.29, 1.82) is 0 Å². The van der Waals surface area contributed by atoms with Crippen molar-refractivity contribution in [3.05, 3.63) is 53.8 Å². The minimum absolute atomic E-state index is 0.653. The van der Waals surface area contributed by atoms with Crippen LogP contribution in [0.25, 0.3) is 17.0 Å². The molecule has 8 heteroatoms. The Hall–Kier alpha value is -3.00. The molecule has 0 radical (unpaired) electrons. The topological polar surface area (TPSA) is 62.5 Å². The molecule has 4 aromatic rings. The third kappa shape index (κ3) is 3.02. The lowest BCUT2D eigenvalue weighted by Gasteiger charge is -2.35. The van der Waals surface area contributed by atoms with Crippen LogP contribution in [-0.4, -0.2) is 50.7 Å². The van der Waals surface area contributed by atoms with Gasteiger partial charge >= 0.3 is 0 Å². The molecule has 1 aliphatic heterocycles. The summed E-state index contributed by atoms with van der Waals surface area (Å²) >= 11 is 1.71. The van der Waals surface area contributed by atoms with Crippen LogP contribution < -0.4 is 9.80 Å². The van der Waals surface area contributed by atoms with Crippen LogP contribution in [0.3, 0.4) is 0 Å². The highest BCUT2D eigenvalue weighted by molar-refractivity contribution is 7.14. The summed E-state index contributed by atoms with van der Waals surface area (Å²) in [6, 6.07) is 12.4. The van der Waals surface area contributed by atoms with Gasteiger partial charge in [-0.15, -0.1) is 11.3 Å². The monoisotopic (exact) mass is 377 g/mol. The number of anilines is 2. The van der Waals surface area contributed by atoms with Gasteiger partial charge in [-0.3, -0.25) is 0 Å².